The number of aryl methyl sites for hydroxylation is 1. The number of carbonyl (C=O) groups is 1. The van der Waals surface area contributed by atoms with Gasteiger partial charge in [0.05, 0.1) is 11.4 Å². The second kappa shape index (κ2) is 5.18. The Labute approximate surface area is 101 Å². The first-order valence-corrected chi connectivity index (χ1v) is 5.63. The first-order valence-electron chi connectivity index (χ1n) is 5.63. The summed E-state index contributed by atoms with van der Waals surface area (Å²) in [4.78, 5) is 11.8. The number of H-pyrrole nitrogens is 1. The highest BCUT2D eigenvalue weighted by molar-refractivity contribution is 5.97. The van der Waals surface area contributed by atoms with Gasteiger partial charge in [0.1, 0.15) is 0 Å². The smallest absolute Gasteiger partial charge is 0.273 e. The van der Waals surface area contributed by atoms with Crippen LogP contribution in [0.2, 0.25) is 0 Å². The zero-order valence-electron chi connectivity index (χ0n) is 10.5. The molecule has 1 heterocycles. The van der Waals surface area contributed by atoms with Crippen LogP contribution in [-0.4, -0.2) is 34.4 Å². The lowest BCUT2D eigenvalue weighted by Gasteiger charge is -2.21. The largest absolute Gasteiger partial charge is 0.396 e. The summed E-state index contributed by atoms with van der Waals surface area (Å²) in [5.74, 6) is -0.319. The minimum Gasteiger partial charge on any atom is -0.396 e. The summed E-state index contributed by atoms with van der Waals surface area (Å²) < 4.78 is 0. The van der Waals surface area contributed by atoms with E-state index in [1.165, 1.54) is 0 Å². The summed E-state index contributed by atoms with van der Waals surface area (Å²) in [6, 6.07) is 0. The Morgan fingerprint density at radius 2 is 2.24 bits per heavy atom. The number of nitrogens with two attached hydrogens (primary N) is 1. The van der Waals surface area contributed by atoms with Crippen LogP contribution in [0.15, 0.2) is 0 Å². The molecule has 0 aliphatic carbocycles. The number of nitrogens with zero attached hydrogens (tertiary/aromatic N) is 1. The van der Waals surface area contributed by atoms with Crippen molar-refractivity contribution in [2.75, 3.05) is 18.9 Å². The van der Waals surface area contributed by atoms with Crippen LogP contribution in [-0.2, 0) is 6.42 Å². The number of anilines is 1. The quantitative estimate of drug-likeness (QED) is 0.594. The number of aromatic nitrogens is 2. The molecule has 96 valence electrons. The van der Waals surface area contributed by atoms with Gasteiger partial charge in [0.25, 0.3) is 5.91 Å². The Balaban J connectivity index is 2.67. The number of aromatic amines is 1. The summed E-state index contributed by atoms with van der Waals surface area (Å²) >= 11 is 0. The van der Waals surface area contributed by atoms with Gasteiger partial charge in [-0.3, -0.25) is 9.89 Å². The van der Waals surface area contributed by atoms with E-state index in [4.69, 9.17) is 10.8 Å². The molecule has 1 amide bonds. The Kier molecular flexibility index (Phi) is 4.11. The van der Waals surface area contributed by atoms with Crippen molar-refractivity contribution in [2.45, 2.75) is 27.2 Å². The van der Waals surface area contributed by atoms with E-state index in [1.54, 1.807) is 0 Å². The normalized spacial score (nSPS) is 11.5. The molecule has 0 atom stereocenters. The molecule has 0 bridgehead atoms. The predicted octanol–water partition coefficient (Wildman–Crippen LogP) is 0.303. The lowest BCUT2D eigenvalue weighted by atomic mass is 9.95. The molecule has 0 saturated heterocycles. The summed E-state index contributed by atoms with van der Waals surface area (Å²) in [6.07, 6.45) is 0.703. The summed E-state index contributed by atoms with van der Waals surface area (Å²) in [5, 5.41) is 18.4. The van der Waals surface area contributed by atoms with Crippen molar-refractivity contribution in [3.63, 3.8) is 0 Å². The van der Waals surface area contributed by atoms with Gasteiger partial charge in [-0.2, -0.15) is 5.10 Å². The molecule has 0 radical (unpaired) electrons. The fourth-order valence-corrected chi connectivity index (χ4v) is 1.29. The van der Waals surface area contributed by atoms with Crippen molar-refractivity contribution in [3.8, 4) is 0 Å². The van der Waals surface area contributed by atoms with Gasteiger partial charge in [-0.15, -0.1) is 0 Å². The third kappa shape index (κ3) is 3.20. The molecule has 6 heteroatoms. The lowest BCUT2D eigenvalue weighted by molar-refractivity contribution is 0.0907. The molecule has 1 rings (SSSR count). The number of aliphatic hydroxyl groups excluding tert-OH is 1. The van der Waals surface area contributed by atoms with Crippen LogP contribution >= 0.6 is 0 Å². The van der Waals surface area contributed by atoms with Gasteiger partial charge < -0.3 is 16.2 Å². The van der Waals surface area contributed by atoms with Crippen molar-refractivity contribution in [2.24, 2.45) is 5.41 Å². The number of nitrogens with one attached hydrogen (secondary N) is 2. The number of nitrogen functional groups attached to an aromatic ring is 1. The van der Waals surface area contributed by atoms with Crippen LogP contribution in [0, 0.1) is 5.41 Å². The first kappa shape index (κ1) is 13.5. The van der Waals surface area contributed by atoms with E-state index in [0.717, 1.165) is 5.69 Å². The zero-order valence-corrected chi connectivity index (χ0v) is 10.5. The average molecular weight is 240 g/mol. The Hall–Kier alpha value is -1.56. The Bertz CT molecular complexity index is 398. The number of hydrogen-bond donors (Lipinski definition) is 4. The molecule has 0 unspecified atom stereocenters. The lowest BCUT2D eigenvalue weighted by Crippen LogP contribution is -2.36. The molecule has 0 aliphatic rings. The maximum atomic E-state index is 11.8. The molecular weight excluding hydrogens is 220 g/mol. The van der Waals surface area contributed by atoms with E-state index in [0.29, 0.717) is 18.7 Å². The van der Waals surface area contributed by atoms with Gasteiger partial charge in [0, 0.05) is 18.6 Å². The first-order chi connectivity index (χ1) is 7.91. The second-order valence-corrected chi connectivity index (χ2v) is 4.82. The number of amides is 1. The van der Waals surface area contributed by atoms with E-state index in [9.17, 15) is 4.79 Å². The highest BCUT2D eigenvalue weighted by Gasteiger charge is 2.21. The van der Waals surface area contributed by atoms with Gasteiger partial charge in [0.15, 0.2) is 5.69 Å². The van der Waals surface area contributed by atoms with E-state index in [1.807, 2.05) is 20.8 Å². The molecule has 17 heavy (non-hydrogen) atoms. The monoisotopic (exact) mass is 240 g/mol. The second-order valence-electron chi connectivity index (χ2n) is 4.82. The van der Waals surface area contributed by atoms with E-state index >= 15 is 0 Å². The molecule has 5 N–H and O–H groups in total. The molecule has 0 aromatic carbocycles. The van der Waals surface area contributed by atoms with Crippen LogP contribution in [0.25, 0.3) is 0 Å². The molecule has 1 aromatic heterocycles. The van der Waals surface area contributed by atoms with E-state index < -0.39 is 0 Å². The van der Waals surface area contributed by atoms with E-state index in [-0.39, 0.29) is 23.6 Å². The van der Waals surface area contributed by atoms with Crippen LogP contribution in [0.5, 0.6) is 0 Å². The number of carbonyl (C=O) groups excluding carboxylic acids is 1. The molecule has 0 fully saturated rings. The average Bonchev–Trinajstić information content (AvgIpc) is 2.67. The third-order valence-corrected chi connectivity index (χ3v) is 2.61. The predicted molar refractivity (Wildman–Crippen MR) is 65.6 cm³/mol. The van der Waals surface area contributed by atoms with Crippen LogP contribution in [0.1, 0.15) is 37.0 Å². The van der Waals surface area contributed by atoms with Gasteiger partial charge in [-0.25, -0.2) is 0 Å². The topological polar surface area (TPSA) is 104 Å². The van der Waals surface area contributed by atoms with Gasteiger partial charge in [-0.05, 0) is 6.42 Å². The third-order valence-electron chi connectivity index (χ3n) is 2.61. The van der Waals surface area contributed by atoms with Crippen molar-refractivity contribution in [1.29, 1.82) is 0 Å². The molecule has 0 saturated carbocycles. The maximum Gasteiger partial charge on any atom is 0.273 e. The summed E-state index contributed by atoms with van der Waals surface area (Å²) in [6.45, 7) is 6.03. The number of rotatable bonds is 5. The Morgan fingerprint density at radius 3 is 2.71 bits per heavy atom. The Morgan fingerprint density at radius 1 is 1.59 bits per heavy atom. The summed E-state index contributed by atoms with van der Waals surface area (Å²) in [5.41, 5.74) is 6.80. The highest BCUT2D eigenvalue weighted by Crippen LogP contribution is 2.15. The number of hydrogen-bond acceptors (Lipinski definition) is 4. The minimum absolute atomic E-state index is 0.00351. The van der Waals surface area contributed by atoms with Gasteiger partial charge in [0.2, 0.25) is 0 Å². The molecule has 1 aromatic rings. The fourth-order valence-electron chi connectivity index (χ4n) is 1.29. The van der Waals surface area contributed by atoms with Gasteiger partial charge >= 0.3 is 0 Å². The molecule has 6 nitrogen and oxygen atoms in total. The summed E-state index contributed by atoms with van der Waals surface area (Å²) in [7, 11) is 0. The van der Waals surface area contributed by atoms with Gasteiger partial charge in [-0.1, -0.05) is 20.8 Å². The van der Waals surface area contributed by atoms with Crippen LogP contribution in [0.4, 0.5) is 5.69 Å². The van der Waals surface area contributed by atoms with Crippen LogP contribution < -0.4 is 11.1 Å². The standard InChI is InChI=1S/C11H20N4O2/c1-4-7-8(12)9(15-14-7)10(17)13-5-11(2,3)6-16/h16H,4-6,12H2,1-3H3,(H,13,17)(H,14,15). The fraction of sp³-hybridized carbons (Fsp3) is 0.636. The van der Waals surface area contributed by atoms with Crippen molar-refractivity contribution >= 4 is 11.6 Å². The molecule has 0 spiro atoms. The van der Waals surface area contributed by atoms with Crippen molar-refractivity contribution in [3.05, 3.63) is 11.4 Å². The minimum atomic E-state index is -0.353. The van der Waals surface area contributed by atoms with E-state index in [2.05, 4.69) is 15.5 Å². The zero-order chi connectivity index (χ0) is 13.1. The van der Waals surface area contributed by atoms with Crippen LogP contribution in [0.3, 0.4) is 0 Å². The SMILES string of the molecule is CCc1[nH]nc(C(=O)NCC(C)(C)CO)c1N. The highest BCUT2D eigenvalue weighted by atomic mass is 16.3. The van der Waals surface area contributed by atoms with Crippen molar-refractivity contribution < 1.29 is 9.90 Å². The molecule has 0 aliphatic heterocycles. The maximum absolute atomic E-state index is 11.8. The van der Waals surface area contributed by atoms with Crippen molar-refractivity contribution in [1.82, 2.24) is 15.5 Å². The number of aliphatic hydroxyl groups is 1. The molecular formula is C11H20N4O2.